The van der Waals surface area contributed by atoms with Gasteiger partial charge < -0.3 is 19.7 Å². The molecule has 1 N–H and O–H groups in total. The van der Waals surface area contributed by atoms with E-state index in [2.05, 4.69) is 11.4 Å². The molecule has 1 atom stereocenters. The van der Waals surface area contributed by atoms with Crippen molar-refractivity contribution in [2.45, 2.75) is 32.2 Å². The fraction of sp³-hybridized carbons (Fsp3) is 0.391. The summed E-state index contributed by atoms with van der Waals surface area (Å²) in [5, 5.41) is 2.99. The molecular weight excluding hydrogens is 368 g/mol. The van der Waals surface area contributed by atoms with Crippen LogP contribution in [0.15, 0.2) is 42.5 Å². The first-order valence-corrected chi connectivity index (χ1v) is 9.86. The van der Waals surface area contributed by atoms with Crippen LogP contribution >= 0.6 is 0 Å². The van der Waals surface area contributed by atoms with E-state index in [0.29, 0.717) is 31.0 Å². The number of hydrogen-bond acceptors (Lipinski definition) is 4. The Kier molecular flexibility index (Phi) is 6.75. The smallest absolute Gasteiger partial charge is 0.222 e. The zero-order valence-electron chi connectivity index (χ0n) is 17.2. The number of nitrogens with zero attached hydrogens (tertiary/aromatic N) is 1. The minimum Gasteiger partial charge on any atom is -0.493 e. The standard InChI is InChI=1S/C23H28N2O4/c1-16(26)25-13-11-18-6-4-5-7-19(18)20(25)15-23(27)24-12-10-17-8-9-21(28-2)22(14-17)29-3/h4-9,14,20H,10-13,15H2,1-3H3,(H,24,27). The van der Waals surface area contributed by atoms with Gasteiger partial charge >= 0.3 is 0 Å². The molecule has 3 rings (SSSR count). The van der Waals surface area contributed by atoms with Crippen LogP contribution in [-0.2, 0) is 22.4 Å². The number of fused-ring (bicyclic) bond motifs is 1. The van der Waals surface area contributed by atoms with Crippen molar-refractivity contribution in [3.05, 3.63) is 59.2 Å². The van der Waals surface area contributed by atoms with Crippen LogP contribution in [0.25, 0.3) is 0 Å². The molecule has 0 bridgehead atoms. The fourth-order valence-electron chi connectivity index (χ4n) is 3.88. The van der Waals surface area contributed by atoms with E-state index in [1.165, 1.54) is 5.56 Å². The zero-order valence-corrected chi connectivity index (χ0v) is 17.2. The molecule has 2 aromatic rings. The van der Waals surface area contributed by atoms with Crippen molar-refractivity contribution < 1.29 is 19.1 Å². The lowest BCUT2D eigenvalue weighted by Crippen LogP contribution is -2.41. The van der Waals surface area contributed by atoms with Gasteiger partial charge in [0.05, 0.1) is 26.7 Å². The quantitative estimate of drug-likeness (QED) is 0.781. The molecule has 0 aromatic heterocycles. The molecule has 0 saturated carbocycles. The Hall–Kier alpha value is -3.02. The number of hydrogen-bond donors (Lipinski definition) is 1. The van der Waals surface area contributed by atoms with E-state index in [-0.39, 0.29) is 24.3 Å². The number of carbonyl (C=O) groups excluding carboxylic acids is 2. The molecule has 154 valence electrons. The van der Waals surface area contributed by atoms with Gasteiger partial charge in [0.1, 0.15) is 0 Å². The number of ether oxygens (including phenoxy) is 2. The second-order valence-corrected chi connectivity index (χ2v) is 7.17. The molecule has 1 aliphatic heterocycles. The Morgan fingerprint density at radius 1 is 1.10 bits per heavy atom. The summed E-state index contributed by atoms with van der Waals surface area (Å²) in [7, 11) is 3.21. The highest BCUT2D eigenvalue weighted by Crippen LogP contribution is 2.32. The van der Waals surface area contributed by atoms with Crippen molar-refractivity contribution in [3.8, 4) is 11.5 Å². The highest BCUT2D eigenvalue weighted by atomic mass is 16.5. The Balaban J connectivity index is 1.60. The monoisotopic (exact) mass is 396 g/mol. The Labute approximate surface area is 171 Å². The molecule has 6 nitrogen and oxygen atoms in total. The summed E-state index contributed by atoms with van der Waals surface area (Å²) in [4.78, 5) is 26.5. The summed E-state index contributed by atoms with van der Waals surface area (Å²) in [6.07, 6.45) is 1.78. The minimum absolute atomic E-state index is 0.00244. The van der Waals surface area contributed by atoms with E-state index in [9.17, 15) is 9.59 Å². The predicted molar refractivity (Wildman–Crippen MR) is 111 cm³/mol. The number of amides is 2. The molecule has 1 aliphatic rings. The van der Waals surface area contributed by atoms with E-state index in [0.717, 1.165) is 17.5 Å². The summed E-state index contributed by atoms with van der Waals surface area (Å²) < 4.78 is 10.6. The van der Waals surface area contributed by atoms with E-state index in [1.54, 1.807) is 26.0 Å². The van der Waals surface area contributed by atoms with Crippen molar-refractivity contribution in [1.29, 1.82) is 0 Å². The lowest BCUT2D eigenvalue weighted by atomic mass is 9.90. The molecule has 0 radical (unpaired) electrons. The van der Waals surface area contributed by atoms with Gasteiger partial charge in [-0.1, -0.05) is 30.3 Å². The van der Waals surface area contributed by atoms with Gasteiger partial charge in [0.2, 0.25) is 11.8 Å². The summed E-state index contributed by atoms with van der Waals surface area (Å²) in [5.74, 6) is 1.30. The van der Waals surface area contributed by atoms with Crippen molar-refractivity contribution in [1.82, 2.24) is 10.2 Å². The number of rotatable bonds is 7. The summed E-state index contributed by atoms with van der Waals surface area (Å²) in [6, 6.07) is 13.6. The average Bonchev–Trinajstić information content (AvgIpc) is 2.73. The number of carbonyl (C=O) groups is 2. The van der Waals surface area contributed by atoms with Crippen LogP contribution in [0.1, 0.15) is 36.1 Å². The lowest BCUT2D eigenvalue weighted by Gasteiger charge is -2.36. The van der Waals surface area contributed by atoms with E-state index >= 15 is 0 Å². The average molecular weight is 396 g/mol. The Bertz CT molecular complexity index is 881. The largest absolute Gasteiger partial charge is 0.493 e. The number of methoxy groups -OCH3 is 2. The van der Waals surface area contributed by atoms with E-state index < -0.39 is 0 Å². The second-order valence-electron chi connectivity index (χ2n) is 7.17. The third-order valence-electron chi connectivity index (χ3n) is 5.38. The first-order chi connectivity index (χ1) is 14.0. The molecule has 0 fully saturated rings. The molecule has 0 saturated heterocycles. The van der Waals surface area contributed by atoms with Crippen LogP contribution in [0.2, 0.25) is 0 Å². The van der Waals surface area contributed by atoms with Crippen LogP contribution in [0.4, 0.5) is 0 Å². The first-order valence-electron chi connectivity index (χ1n) is 9.86. The molecular formula is C23H28N2O4. The third-order valence-corrected chi connectivity index (χ3v) is 5.38. The highest BCUT2D eigenvalue weighted by Gasteiger charge is 2.30. The second kappa shape index (κ2) is 9.45. The van der Waals surface area contributed by atoms with Gasteiger partial charge in [0.25, 0.3) is 0 Å². The number of nitrogens with one attached hydrogen (secondary N) is 1. The Morgan fingerprint density at radius 2 is 1.86 bits per heavy atom. The summed E-state index contributed by atoms with van der Waals surface area (Å²) in [5.41, 5.74) is 3.34. The minimum atomic E-state index is -0.210. The maximum atomic E-state index is 12.6. The van der Waals surface area contributed by atoms with E-state index in [4.69, 9.17) is 9.47 Å². The van der Waals surface area contributed by atoms with Crippen LogP contribution in [0, 0.1) is 0 Å². The van der Waals surface area contributed by atoms with E-state index in [1.807, 2.05) is 36.4 Å². The van der Waals surface area contributed by atoms with Gasteiger partial charge in [-0.05, 0) is 41.7 Å². The van der Waals surface area contributed by atoms with Crippen LogP contribution in [-0.4, -0.2) is 44.0 Å². The topological polar surface area (TPSA) is 67.9 Å². The highest BCUT2D eigenvalue weighted by molar-refractivity contribution is 5.79. The molecule has 6 heteroatoms. The van der Waals surface area contributed by atoms with Crippen molar-refractivity contribution in [2.75, 3.05) is 27.3 Å². The molecule has 2 amide bonds. The normalized spacial score (nSPS) is 15.4. The molecule has 0 spiro atoms. The molecule has 1 unspecified atom stereocenters. The summed E-state index contributed by atoms with van der Waals surface area (Å²) >= 11 is 0. The van der Waals surface area contributed by atoms with Gasteiger partial charge in [-0.15, -0.1) is 0 Å². The fourth-order valence-corrected chi connectivity index (χ4v) is 3.88. The molecule has 2 aromatic carbocycles. The molecule has 0 aliphatic carbocycles. The van der Waals surface area contributed by atoms with Gasteiger partial charge in [-0.2, -0.15) is 0 Å². The first kappa shape index (κ1) is 20.7. The van der Waals surface area contributed by atoms with Crippen LogP contribution in [0.5, 0.6) is 11.5 Å². The van der Waals surface area contributed by atoms with Gasteiger partial charge in [0.15, 0.2) is 11.5 Å². The van der Waals surface area contributed by atoms with Crippen LogP contribution in [0.3, 0.4) is 0 Å². The van der Waals surface area contributed by atoms with Crippen molar-refractivity contribution >= 4 is 11.8 Å². The molecule has 29 heavy (non-hydrogen) atoms. The van der Waals surface area contributed by atoms with Gasteiger partial charge in [-0.25, -0.2) is 0 Å². The van der Waals surface area contributed by atoms with Crippen molar-refractivity contribution in [2.24, 2.45) is 0 Å². The van der Waals surface area contributed by atoms with Gasteiger partial charge in [0, 0.05) is 20.0 Å². The Morgan fingerprint density at radius 3 is 2.59 bits per heavy atom. The van der Waals surface area contributed by atoms with Gasteiger partial charge in [-0.3, -0.25) is 9.59 Å². The third kappa shape index (κ3) is 4.88. The maximum absolute atomic E-state index is 12.6. The maximum Gasteiger partial charge on any atom is 0.222 e. The summed E-state index contributed by atoms with van der Waals surface area (Å²) in [6.45, 7) is 2.73. The predicted octanol–water partition coefficient (Wildman–Crippen LogP) is 2.90. The van der Waals surface area contributed by atoms with Crippen LogP contribution < -0.4 is 14.8 Å². The lowest BCUT2D eigenvalue weighted by molar-refractivity contribution is -0.133. The molecule has 1 heterocycles. The SMILES string of the molecule is COc1ccc(CCNC(=O)CC2c3ccccc3CCN2C(C)=O)cc1OC. The zero-order chi connectivity index (χ0) is 20.8. The number of benzene rings is 2. The van der Waals surface area contributed by atoms with Crippen molar-refractivity contribution in [3.63, 3.8) is 0 Å².